The van der Waals surface area contributed by atoms with Gasteiger partial charge in [0.25, 0.3) is 0 Å². The van der Waals surface area contributed by atoms with Gasteiger partial charge in [0, 0.05) is 23.7 Å². The molecule has 0 radical (unpaired) electrons. The third-order valence-electron chi connectivity index (χ3n) is 4.83. The standard InChI is InChI=1S/C20H24FNO3/c1-24-14-9-10-20(25-2)16(12-14)18-8-5-11-22(18)13-19(23)15-6-3-4-7-17(15)21/h3-4,6-7,9-10,12,18-19,23H,5,8,11,13H2,1-2H3/t18-,19-/m0/s1. The Bertz CT molecular complexity index is 722. The third kappa shape index (κ3) is 3.78. The van der Waals surface area contributed by atoms with E-state index in [0.29, 0.717) is 12.1 Å². The van der Waals surface area contributed by atoms with E-state index in [9.17, 15) is 9.50 Å². The highest BCUT2D eigenvalue weighted by Crippen LogP contribution is 2.39. The van der Waals surface area contributed by atoms with Gasteiger partial charge >= 0.3 is 0 Å². The summed E-state index contributed by atoms with van der Waals surface area (Å²) in [7, 11) is 3.29. The molecule has 0 unspecified atom stereocenters. The Morgan fingerprint density at radius 1 is 1.20 bits per heavy atom. The van der Waals surface area contributed by atoms with Crippen molar-refractivity contribution in [2.45, 2.75) is 25.0 Å². The molecule has 0 spiro atoms. The number of halogens is 1. The topological polar surface area (TPSA) is 41.9 Å². The van der Waals surface area contributed by atoms with Gasteiger partial charge in [-0.25, -0.2) is 4.39 Å². The van der Waals surface area contributed by atoms with Gasteiger partial charge in [0.05, 0.1) is 20.3 Å². The second kappa shape index (κ2) is 7.85. The van der Waals surface area contributed by atoms with Crippen LogP contribution in [0.2, 0.25) is 0 Å². The molecule has 1 N–H and O–H groups in total. The molecule has 134 valence electrons. The average molecular weight is 345 g/mol. The van der Waals surface area contributed by atoms with Gasteiger partial charge in [0.1, 0.15) is 17.3 Å². The van der Waals surface area contributed by atoms with Crippen LogP contribution in [0.3, 0.4) is 0 Å². The van der Waals surface area contributed by atoms with Gasteiger partial charge in [-0.3, -0.25) is 4.90 Å². The maximum atomic E-state index is 13.9. The smallest absolute Gasteiger partial charge is 0.129 e. The first-order chi connectivity index (χ1) is 12.1. The quantitative estimate of drug-likeness (QED) is 0.867. The van der Waals surface area contributed by atoms with E-state index in [1.165, 1.54) is 6.07 Å². The second-order valence-electron chi connectivity index (χ2n) is 6.30. The molecule has 2 aromatic rings. The molecule has 1 aliphatic heterocycles. The van der Waals surface area contributed by atoms with Crippen molar-refractivity contribution in [3.05, 3.63) is 59.4 Å². The molecule has 1 fully saturated rings. The Kier molecular flexibility index (Phi) is 5.56. The fourth-order valence-electron chi connectivity index (χ4n) is 3.56. The van der Waals surface area contributed by atoms with Crippen LogP contribution in [-0.4, -0.2) is 37.3 Å². The summed E-state index contributed by atoms with van der Waals surface area (Å²) < 4.78 is 24.8. The van der Waals surface area contributed by atoms with Crippen LogP contribution in [-0.2, 0) is 0 Å². The molecule has 0 aromatic heterocycles. The van der Waals surface area contributed by atoms with Crippen LogP contribution in [0.5, 0.6) is 11.5 Å². The lowest BCUT2D eigenvalue weighted by molar-refractivity contribution is 0.102. The van der Waals surface area contributed by atoms with Crippen LogP contribution >= 0.6 is 0 Å². The van der Waals surface area contributed by atoms with Crippen molar-refractivity contribution in [3.63, 3.8) is 0 Å². The molecule has 0 aliphatic carbocycles. The van der Waals surface area contributed by atoms with Crippen LogP contribution in [0.15, 0.2) is 42.5 Å². The van der Waals surface area contributed by atoms with Crippen LogP contribution in [0.25, 0.3) is 0 Å². The van der Waals surface area contributed by atoms with Crippen LogP contribution in [0.1, 0.15) is 36.1 Å². The largest absolute Gasteiger partial charge is 0.497 e. The number of hydrogen-bond donors (Lipinski definition) is 1. The fourth-order valence-corrected chi connectivity index (χ4v) is 3.56. The van der Waals surface area contributed by atoms with E-state index in [0.717, 1.165) is 36.4 Å². The minimum atomic E-state index is -0.863. The summed E-state index contributed by atoms with van der Waals surface area (Å²) >= 11 is 0. The van der Waals surface area contributed by atoms with Crippen molar-refractivity contribution in [2.24, 2.45) is 0 Å². The van der Waals surface area contributed by atoms with Crippen molar-refractivity contribution in [1.82, 2.24) is 4.90 Å². The number of aliphatic hydroxyl groups is 1. The van der Waals surface area contributed by atoms with Gasteiger partial charge in [-0.05, 0) is 43.7 Å². The molecule has 3 rings (SSSR count). The Hall–Kier alpha value is -2.11. The fraction of sp³-hybridized carbons (Fsp3) is 0.400. The lowest BCUT2D eigenvalue weighted by Gasteiger charge is -2.28. The molecule has 0 bridgehead atoms. The minimum Gasteiger partial charge on any atom is -0.497 e. The molecule has 0 amide bonds. The van der Waals surface area contributed by atoms with Crippen molar-refractivity contribution in [2.75, 3.05) is 27.3 Å². The van der Waals surface area contributed by atoms with E-state index in [2.05, 4.69) is 4.90 Å². The van der Waals surface area contributed by atoms with E-state index in [4.69, 9.17) is 9.47 Å². The minimum absolute atomic E-state index is 0.117. The van der Waals surface area contributed by atoms with E-state index >= 15 is 0 Å². The molecule has 2 atom stereocenters. The molecule has 0 saturated carbocycles. The number of hydrogen-bond acceptors (Lipinski definition) is 4. The predicted molar refractivity (Wildman–Crippen MR) is 94.5 cm³/mol. The molecule has 25 heavy (non-hydrogen) atoms. The lowest BCUT2D eigenvalue weighted by atomic mass is 10.0. The molecule has 1 saturated heterocycles. The predicted octanol–water partition coefficient (Wildman–Crippen LogP) is 3.71. The van der Waals surface area contributed by atoms with Crippen LogP contribution in [0.4, 0.5) is 4.39 Å². The maximum Gasteiger partial charge on any atom is 0.129 e. The first-order valence-electron chi connectivity index (χ1n) is 8.52. The van der Waals surface area contributed by atoms with Crippen molar-refractivity contribution >= 4 is 0 Å². The average Bonchev–Trinajstić information content (AvgIpc) is 3.09. The number of methoxy groups -OCH3 is 2. The Morgan fingerprint density at radius 2 is 2.00 bits per heavy atom. The zero-order valence-electron chi connectivity index (χ0n) is 14.6. The number of nitrogens with zero attached hydrogens (tertiary/aromatic N) is 1. The first-order valence-corrected chi connectivity index (χ1v) is 8.52. The van der Waals surface area contributed by atoms with Gasteiger partial charge < -0.3 is 14.6 Å². The van der Waals surface area contributed by atoms with Crippen molar-refractivity contribution in [3.8, 4) is 11.5 Å². The number of ether oxygens (including phenoxy) is 2. The number of benzene rings is 2. The summed E-state index contributed by atoms with van der Waals surface area (Å²) in [6.07, 6.45) is 1.13. The highest BCUT2D eigenvalue weighted by atomic mass is 19.1. The molecule has 1 heterocycles. The molecule has 4 nitrogen and oxygen atoms in total. The maximum absolute atomic E-state index is 13.9. The van der Waals surface area contributed by atoms with E-state index in [1.54, 1.807) is 32.4 Å². The van der Waals surface area contributed by atoms with E-state index in [-0.39, 0.29) is 11.9 Å². The summed E-state index contributed by atoms with van der Waals surface area (Å²) in [6, 6.07) is 12.3. The summed E-state index contributed by atoms with van der Waals surface area (Å²) in [5, 5.41) is 10.5. The van der Waals surface area contributed by atoms with Gasteiger partial charge in [0.15, 0.2) is 0 Å². The summed E-state index contributed by atoms with van der Waals surface area (Å²) in [4.78, 5) is 2.19. The SMILES string of the molecule is COc1ccc(OC)c([C@@H]2CCCN2C[C@H](O)c2ccccc2F)c1. The summed E-state index contributed by atoms with van der Waals surface area (Å²) in [5.74, 6) is 1.21. The van der Waals surface area contributed by atoms with Gasteiger partial charge in [-0.15, -0.1) is 0 Å². The van der Waals surface area contributed by atoms with Gasteiger partial charge in [-0.2, -0.15) is 0 Å². The zero-order valence-corrected chi connectivity index (χ0v) is 14.6. The Balaban J connectivity index is 1.82. The number of β-amino-alcohol motifs (C(OH)–C–C–N with tert-alkyl or cyclic N) is 1. The number of rotatable bonds is 6. The first kappa shape index (κ1) is 17.7. The molecular weight excluding hydrogens is 321 g/mol. The third-order valence-corrected chi connectivity index (χ3v) is 4.83. The summed E-state index contributed by atoms with van der Waals surface area (Å²) in [6.45, 7) is 1.24. The molecule has 1 aliphatic rings. The molecule has 5 heteroatoms. The highest BCUT2D eigenvalue weighted by Gasteiger charge is 2.30. The van der Waals surface area contributed by atoms with E-state index in [1.807, 2.05) is 18.2 Å². The van der Waals surface area contributed by atoms with Crippen molar-refractivity contribution < 1.29 is 19.0 Å². The van der Waals surface area contributed by atoms with Gasteiger partial charge in [0.2, 0.25) is 0 Å². The van der Waals surface area contributed by atoms with Crippen molar-refractivity contribution in [1.29, 1.82) is 0 Å². The van der Waals surface area contributed by atoms with Crippen LogP contribution < -0.4 is 9.47 Å². The lowest BCUT2D eigenvalue weighted by Crippen LogP contribution is -2.29. The summed E-state index contributed by atoms with van der Waals surface area (Å²) in [5.41, 5.74) is 1.38. The molecular formula is C20H24FNO3. The van der Waals surface area contributed by atoms with Crippen LogP contribution in [0, 0.1) is 5.82 Å². The van der Waals surface area contributed by atoms with Gasteiger partial charge in [-0.1, -0.05) is 18.2 Å². The second-order valence-corrected chi connectivity index (χ2v) is 6.30. The Labute approximate surface area is 147 Å². The van der Waals surface area contributed by atoms with E-state index < -0.39 is 6.10 Å². The normalized spacial score (nSPS) is 19.0. The number of likely N-dealkylation sites (tertiary alicyclic amines) is 1. The Morgan fingerprint density at radius 3 is 2.72 bits per heavy atom. The highest BCUT2D eigenvalue weighted by molar-refractivity contribution is 5.42. The number of aliphatic hydroxyl groups excluding tert-OH is 1. The molecule has 2 aromatic carbocycles. The zero-order chi connectivity index (χ0) is 17.8. The monoisotopic (exact) mass is 345 g/mol.